The monoisotopic (exact) mass is 308 g/mol. The van der Waals surface area contributed by atoms with Gasteiger partial charge in [-0.25, -0.2) is 4.39 Å². The summed E-state index contributed by atoms with van der Waals surface area (Å²) in [5, 5.41) is 0. The lowest BCUT2D eigenvalue weighted by Gasteiger charge is -2.38. The van der Waals surface area contributed by atoms with Crippen molar-refractivity contribution in [2.45, 2.75) is 50.4 Å². The van der Waals surface area contributed by atoms with E-state index in [9.17, 15) is 4.39 Å². The molecule has 1 aliphatic carbocycles. The van der Waals surface area contributed by atoms with Crippen LogP contribution < -0.4 is 0 Å². The lowest BCUT2D eigenvalue weighted by Crippen LogP contribution is -2.29. The summed E-state index contributed by atoms with van der Waals surface area (Å²) in [6, 6.07) is 15.6. The van der Waals surface area contributed by atoms with Crippen LogP contribution in [0, 0.1) is 19.2 Å². The molecule has 1 fully saturated rings. The maximum absolute atomic E-state index is 13.3. The average Bonchev–Trinajstić information content (AvgIpc) is 2.58. The fourth-order valence-corrected chi connectivity index (χ4v) is 3.88. The van der Waals surface area contributed by atoms with Crippen molar-refractivity contribution < 1.29 is 4.39 Å². The standard InChI is InChI=1S/C22H25F/c1-18-7-9-19(10-8-18)6-5-17-22(15-3-2-4-16-22)20-11-13-21(23)14-12-20/h6-14H,1-5,15-17H2. The fraction of sp³-hybridized carbons (Fsp3) is 0.364. The summed E-state index contributed by atoms with van der Waals surface area (Å²) >= 11 is 0. The van der Waals surface area contributed by atoms with Gasteiger partial charge < -0.3 is 0 Å². The molecule has 2 radical (unpaired) electrons. The molecular weight excluding hydrogens is 283 g/mol. The molecule has 0 spiro atoms. The quantitative estimate of drug-likeness (QED) is 0.613. The van der Waals surface area contributed by atoms with Crippen LogP contribution >= 0.6 is 0 Å². The lowest BCUT2D eigenvalue weighted by molar-refractivity contribution is 0.273. The van der Waals surface area contributed by atoms with Crippen LogP contribution in [-0.4, -0.2) is 0 Å². The Balaban J connectivity index is 1.69. The number of halogens is 1. The number of benzene rings is 2. The minimum Gasteiger partial charge on any atom is -0.207 e. The highest BCUT2D eigenvalue weighted by molar-refractivity contribution is 5.30. The summed E-state index contributed by atoms with van der Waals surface area (Å²) in [6.45, 7) is 3.93. The van der Waals surface area contributed by atoms with Crippen molar-refractivity contribution in [3.63, 3.8) is 0 Å². The van der Waals surface area contributed by atoms with Gasteiger partial charge in [-0.2, -0.15) is 0 Å². The zero-order chi connectivity index (χ0) is 16.1. The first-order chi connectivity index (χ1) is 11.2. The van der Waals surface area contributed by atoms with Crippen LogP contribution in [0.2, 0.25) is 0 Å². The van der Waals surface area contributed by atoms with Crippen molar-refractivity contribution in [2.75, 3.05) is 0 Å². The summed E-state index contributed by atoms with van der Waals surface area (Å²) in [7, 11) is 0. The average molecular weight is 308 g/mol. The summed E-state index contributed by atoms with van der Waals surface area (Å²) in [4.78, 5) is 0. The van der Waals surface area contributed by atoms with Crippen molar-refractivity contribution in [1.82, 2.24) is 0 Å². The van der Waals surface area contributed by atoms with Crippen LogP contribution in [-0.2, 0) is 5.41 Å². The van der Waals surface area contributed by atoms with Crippen molar-refractivity contribution in [3.8, 4) is 0 Å². The third-order valence-electron chi connectivity index (χ3n) is 5.25. The Morgan fingerprint density at radius 3 is 2.22 bits per heavy atom. The van der Waals surface area contributed by atoms with Gasteiger partial charge in [0.15, 0.2) is 0 Å². The van der Waals surface area contributed by atoms with Crippen LogP contribution in [0.5, 0.6) is 0 Å². The molecule has 0 saturated heterocycles. The normalized spacial score (nSPS) is 17.1. The molecule has 0 aliphatic heterocycles. The van der Waals surface area contributed by atoms with Gasteiger partial charge >= 0.3 is 0 Å². The zero-order valence-corrected chi connectivity index (χ0v) is 13.7. The highest BCUT2D eigenvalue weighted by Gasteiger charge is 2.33. The van der Waals surface area contributed by atoms with Crippen LogP contribution in [0.3, 0.4) is 0 Å². The summed E-state index contributed by atoms with van der Waals surface area (Å²) < 4.78 is 13.3. The molecule has 2 aromatic carbocycles. The zero-order valence-electron chi connectivity index (χ0n) is 13.7. The number of rotatable bonds is 5. The van der Waals surface area contributed by atoms with E-state index >= 15 is 0 Å². The minimum absolute atomic E-state index is 0.139. The molecule has 3 rings (SSSR count). The van der Waals surface area contributed by atoms with E-state index in [0.29, 0.717) is 0 Å². The van der Waals surface area contributed by atoms with E-state index in [2.05, 4.69) is 37.6 Å². The van der Waals surface area contributed by atoms with Crippen LogP contribution in [0.15, 0.2) is 48.5 Å². The van der Waals surface area contributed by atoms with Crippen LogP contribution in [0.25, 0.3) is 0 Å². The van der Waals surface area contributed by atoms with Crippen LogP contribution in [0.1, 0.15) is 61.6 Å². The van der Waals surface area contributed by atoms with Gasteiger partial charge in [-0.3, -0.25) is 0 Å². The van der Waals surface area contributed by atoms with E-state index in [-0.39, 0.29) is 11.2 Å². The molecule has 0 bridgehead atoms. The Hall–Kier alpha value is -1.63. The van der Waals surface area contributed by atoms with Gasteiger partial charge in [-0.15, -0.1) is 0 Å². The first-order valence-electron chi connectivity index (χ1n) is 8.69. The van der Waals surface area contributed by atoms with Crippen molar-refractivity contribution in [3.05, 3.63) is 84.4 Å². The Labute approximate surface area is 139 Å². The van der Waals surface area contributed by atoms with Gasteiger partial charge in [0, 0.05) is 0 Å². The molecule has 0 nitrogen and oxygen atoms in total. The highest BCUT2D eigenvalue weighted by atomic mass is 19.1. The maximum Gasteiger partial charge on any atom is 0.123 e. The van der Waals surface area contributed by atoms with E-state index in [1.54, 1.807) is 12.1 Å². The molecule has 0 atom stereocenters. The molecule has 0 N–H and O–H groups in total. The summed E-state index contributed by atoms with van der Waals surface area (Å²) in [6.07, 6.45) is 10.9. The van der Waals surface area contributed by atoms with E-state index in [1.165, 1.54) is 43.2 Å². The van der Waals surface area contributed by atoms with E-state index in [0.717, 1.165) is 18.4 Å². The van der Waals surface area contributed by atoms with E-state index in [4.69, 9.17) is 0 Å². The second-order valence-electron chi connectivity index (χ2n) is 6.83. The van der Waals surface area contributed by atoms with Crippen LogP contribution in [0.4, 0.5) is 4.39 Å². The van der Waals surface area contributed by atoms with Gasteiger partial charge in [0.1, 0.15) is 5.82 Å². The molecule has 0 amide bonds. The van der Waals surface area contributed by atoms with Crippen molar-refractivity contribution in [1.29, 1.82) is 0 Å². The first-order valence-corrected chi connectivity index (χ1v) is 8.69. The predicted molar refractivity (Wildman–Crippen MR) is 94.7 cm³/mol. The number of hydrogen-bond acceptors (Lipinski definition) is 0. The molecular formula is C22H25F. The second-order valence-corrected chi connectivity index (χ2v) is 6.83. The van der Waals surface area contributed by atoms with E-state index in [1.807, 2.05) is 12.1 Å². The SMILES string of the molecule is [CH2]c1ccc([CH]CCC2(c3ccc(F)cc3)CCCCC2)cc1. The van der Waals surface area contributed by atoms with Gasteiger partial charge in [0.2, 0.25) is 0 Å². The third kappa shape index (κ3) is 4.02. The maximum atomic E-state index is 13.3. The van der Waals surface area contributed by atoms with Gasteiger partial charge in [-0.05, 0) is 73.3 Å². The molecule has 1 aliphatic rings. The molecule has 1 heteroatoms. The van der Waals surface area contributed by atoms with Gasteiger partial charge in [0.25, 0.3) is 0 Å². The molecule has 120 valence electrons. The predicted octanol–water partition coefficient (Wildman–Crippen LogP) is 6.24. The molecule has 1 saturated carbocycles. The largest absolute Gasteiger partial charge is 0.207 e. The number of hydrogen-bond donors (Lipinski definition) is 0. The highest BCUT2D eigenvalue weighted by Crippen LogP contribution is 2.43. The second kappa shape index (κ2) is 7.29. The molecule has 2 aromatic rings. The summed E-state index contributed by atoms with van der Waals surface area (Å²) in [5.74, 6) is -0.139. The molecule has 0 aromatic heterocycles. The Kier molecular flexibility index (Phi) is 5.15. The summed E-state index contributed by atoms with van der Waals surface area (Å²) in [5.41, 5.74) is 3.87. The fourth-order valence-electron chi connectivity index (χ4n) is 3.88. The first kappa shape index (κ1) is 16.2. The van der Waals surface area contributed by atoms with Gasteiger partial charge in [-0.1, -0.05) is 55.7 Å². The third-order valence-corrected chi connectivity index (χ3v) is 5.25. The molecule has 23 heavy (non-hydrogen) atoms. The Morgan fingerprint density at radius 1 is 0.913 bits per heavy atom. The minimum atomic E-state index is -0.139. The van der Waals surface area contributed by atoms with Gasteiger partial charge in [0.05, 0.1) is 0 Å². The Morgan fingerprint density at radius 2 is 1.57 bits per heavy atom. The lowest BCUT2D eigenvalue weighted by atomic mass is 9.66. The smallest absolute Gasteiger partial charge is 0.123 e. The van der Waals surface area contributed by atoms with Crippen molar-refractivity contribution >= 4 is 0 Å². The van der Waals surface area contributed by atoms with E-state index < -0.39 is 0 Å². The Bertz CT molecular complexity index is 603. The van der Waals surface area contributed by atoms with Crippen molar-refractivity contribution in [2.24, 2.45) is 0 Å². The molecule has 0 heterocycles. The molecule has 0 unspecified atom stereocenters. The topological polar surface area (TPSA) is 0 Å².